The highest BCUT2D eigenvalue weighted by Crippen LogP contribution is 1.98. The van der Waals surface area contributed by atoms with Gasteiger partial charge in [-0.25, -0.2) is 18.5 Å². The van der Waals surface area contributed by atoms with Gasteiger partial charge in [0.15, 0.2) is 0 Å². The van der Waals surface area contributed by atoms with Gasteiger partial charge < -0.3 is 4.57 Å². The smallest absolute Gasteiger partial charge is 0.302 e. The lowest BCUT2D eigenvalue weighted by Crippen LogP contribution is -2.42. The molecular weight excluding hydrogens is 309 g/mol. The molecule has 0 aromatic carbocycles. The second-order valence-corrected chi connectivity index (χ2v) is 5.97. The Morgan fingerprint density at radius 1 is 1.43 bits per heavy atom. The van der Waals surface area contributed by atoms with Crippen LogP contribution in [0.1, 0.15) is 0 Å². The quantitative estimate of drug-likeness (QED) is 0.579. The lowest BCUT2D eigenvalue weighted by atomic mass is 10.4. The lowest BCUT2D eigenvalue weighted by molar-refractivity contribution is 0.180. The summed E-state index contributed by atoms with van der Waals surface area (Å²) in [5.74, 6) is 0.0176. The molecule has 116 valence electrons. The molecule has 0 aliphatic heterocycles. The van der Waals surface area contributed by atoms with Gasteiger partial charge in [0.1, 0.15) is 12.5 Å². The second-order valence-electron chi connectivity index (χ2n) is 4.33. The minimum absolute atomic E-state index is 0.0176. The summed E-state index contributed by atoms with van der Waals surface area (Å²) < 4.78 is 42.1. The van der Waals surface area contributed by atoms with Gasteiger partial charge >= 0.3 is 11.4 Å². The van der Waals surface area contributed by atoms with Crippen molar-refractivity contribution in [2.45, 2.75) is 12.7 Å². The molecule has 2 rings (SSSR count). The summed E-state index contributed by atoms with van der Waals surface area (Å²) in [6.07, 6.45) is 0.170. The van der Waals surface area contributed by atoms with E-state index in [4.69, 9.17) is 0 Å². The first-order valence-corrected chi connectivity index (χ1v) is 7.50. The van der Waals surface area contributed by atoms with Gasteiger partial charge in [0.05, 0.1) is 19.4 Å². The van der Waals surface area contributed by atoms with Crippen LogP contribution in [0.5, 0.6) is 0 Å². The third-order valence-electron chi connectivity index (χ3n) is 2.53. The monoisotopic (exact) mass is 321 g/mol. The third kappa shape index (κ3) is 3.33. The van der Waals surface area contributed by atoms with Crippen molar-refractivity contribution in [2.24, 2.45) is 7.05 Å². The molecule has 0 fully saturated rings. The zero-order chi connectivity index (χ0) is 15.8. The maximum absolute atomic E-state index is 13.6. The maximum atomic E-state index is 13.6. The van der Waals surface area contributed by atoms with Crippen molar-refractivity contribution in [1.29, 1.82) is 0 Å². The zero-order valence-electron chi connectivity index (χ0n) is 11.1. The van der Waals surface area contributed by atoms with Gasteiger partial charge in [-0.3, -0.25) is 4.18 Å². The molecule has 0 spiro atoms. The Morgan fingerprint density at radius 3 is 2.71 bits per heavy atom. The van der Waals surface area contributed by atoms with Crippen molar-refractivity contribution in [3.05, 3.63) is 27.3 Å². The Morgan fingerprint density at radius 2 is 2.10 bits per heavy atom. The minimum Gasteiger partial charge on any atom is -0.302 e. The van der Waals surface area contributed by atoms with E-state index in [0.717, 1.165) is 10.8 Å². The van der Waals surface area contributed by atoms with Crippen molar-refractivity contribution in [3.8, 4) is 0 Å². The highest BCUT2D eigenvalue weighted by Gasteiger charge is 2.17. The number of aromatic nitrogens is 5. The Hall–Kier alpha value is -2.08. The standard InChI is InChI=1S/C9H12FN5O5S/c1-13-5-11-15-7(13)12-8(16)14(9(15)17)3-6(10)4-20-21(2,18)19/h5-6H,3-4H2,1-2H3/t6-/m0/s1. The zero-order valence-corrected chi connectivity index (χ0v) is 11.9. The second kappa shape index (κ2) is 5.37. The normalized spacial score (nSPS) is 13.7. The summed E-state index contributed by atoms with van der Waals surface area (Å²) >= 11 is 0. The molecule has 2 aromatic heterocycles. The summed E-state index contributed by atoms with van der Waals surface area (Å²) in [4.78, 5) is 27.3. The van der Waals surface area contributed by atoms with E-state index in [-0.39, 0.29) is 5.78 Å². The largest absolute Gasteiger partial charge is 0.356 e. The van der Waals surface area contributed by atoms with Gasteiger partial charge in [-0.15, -0.1) is 4.52 Å². The number of nitrogens with zero attached hydrogens (tertiary/aromatic N) is 5. The van der Waals surface area contributed by atoms with E-state index in [1.807, 2.05) is 0 Å². The highest BCUT2D eigenvalue weighted by molar-refractivity contribution is 7.85. The van der Waals surface area contributed by atoms with Gasteiger partial charge in [0.25, 0.3) is 10.1 Å². The van der Waals surface area contributed by atoms with Gasteiger partial charge in [0, 0.05) is 7.05 Å². The molecule has 0 bridgehead atoms. The summed E-state index contributed by atoms with van der Waals surface area (Å²) in [7, 11) is -2.27. The topological polar surface area (TPSA) is 118 Å². The van der Waals surface area contributed by atoms with E-state index in [0.29, 0.717) is 4.57 Å². The molecule has 0 N–H and O–H groups in total. The number of rotatable bonds is 5. The number of halogens is 1. The van der Waals surface area contributed by atoms with Crippen LogP contribution < -0.4 is 11.4 Å². The first-order chi connectivity index (χ1) is 9.69. The molecule has 0 aliphatic carbocycles. The number of fused-ring (bicyclic) bond motifs is 1. The van der Waals surface area contributed by atoms with Crippen molar-refractivity contribution >= 4 is 15.9 Å². The number of hydrogen-bond acceptors (Lipinski definition) is 7. The molecule has 0 saturated carbocycles. The van der Waals surface area contributed by atoms with Gasteiger partial charge in [-0.1, -0.05) is 0 Å². The first kappa shape index (κ1) is 15.3. The number of alkyl halides is 1. The minimum atomic E-state index is -3.81. The first-order valence-electron chi connectivity index (χ1n) is 5.68. The predicted molar refractivity (Wildman–Crippen MR) is 68.2 cm³/mol. The fourth-order valence-corrected chi connectivity index (χ4v) is 1.98. The molecule has 21 heavy (non-hydrogen) atoms. The van der Waals surface area contributed by atoms with E-state index in [1.165, 1.54) is 17.9 Å². The SMILES string of the molecule is Cn1cnn2c(=O)n(C[C@H](F)COS(C)(=O)=O)c(=O)nc12. The Balaban J connectivity index is 2.31. The molecule has 2 heterocycles. The summed E-state index contributed by atoms with van der Waals surface area (Å²) in [5, 5.41) is 3.71. The van der Waals surface area contributed by atoms with Crippen LogP contribution in [0.2, 0.25) is 0 Å². The van der Waals surface area contributed by atoms with E-state index in [9.17, 15) is 22.4 Å². The average Bonchev–Trinajstić information content (AvgIpc) is 2.73. The molecule has 0 saturated heterocycles. The van der Waals surface area contributed by atoms with Crippen LogP contribution in [0.3, 0.4) is 0 Å². The van der Waals surface area contributed by atoms with Gasteiger partial charge in [-0.2, -0.15) is 18.5 Å². The maximum Gasteiger partial charge on any atom is 0.356 e. The number of hydrogen-bond donors (Lipinski definition) is 0. The van der Waals surface area contributed by atoms with E-state index < -0.39 is 40.8 Å². The van der Waals surface area contributed by atoms with Crippen molar-refractivity contribution < 1.29 is 17.0 Å². The summed E-state index contributed by atoms with van der Waals surface area (Å²) in [6.45, 7) is -1.48. The van der Waals surface area contributed by atoms with E-state index >= 15 is 0 Å². The predicted octanol–water partition coefficient (Wildman–Crippen LogP) is -2.10. The molecule has 10 nitrogen and oxygen atoms in total. The van der Waals surface area contributed by atoms with Crippen molar-refractivity contribution in [1.82, 2.24) is 23.7 Å². The molecule has 1 atom stereocenters. The van der Waals surface area contributed by atoms with Crippen LogP contribution >= 0.6 is 0 Å². The van der Waals surface area contributed by atoms with E-state index in [2.05, 4.69) is 14.3 Å². The summed E-state index contributed by atoms with van der Waals surface area (Å²) in [5.41, 5.74) is -1.82. The Kier molecular flexibility index (Phi) is 3.91. The lowest BCUT2D eigenvalue weighted by Gasteiger charge is -2.09. The highest BCUT2D eigenvalue weighted by atomic mass is 32.2. The van der Waals surface area contributed by atoms with Gasteiger partial charge in [0.2, 0.25) is 5.78 Å². The van der Waals surface area contributed by atoms with Crippen LogP contribution in [0.15, 0.2) is 15.9 Å². The summed E-state index contributed by atoms with van der Waals surface area (Å²) in [6, 6.07) is 0. The van der Waals surface area contributed by atoms with Crippen LogP contribution in [0.4, 0.5) is 4.39 Å². The fourth-order valence-electron chi connectivity index (χ4n) is 1.59. The molecular formula is C9H12FN5O5S. The molecule has 0 radical (unpaired) electrons. The molecule has 2 aromatic rings. The van der Waals surface area contributed by atoms with Crippen LogP contribution in [-0.2, 0) is 27.9 Å². The van der Waals surface area contributed by atoms with Crippen molar-refractivity contribution in [2.75, 3.05) is 12.9 Å². The Bertz CT molecular complexity index is 882. The number of aryl methyl sites for hydroxylation is 1. The average molecular weight is 321 g/mol. The molecule has 0 unspecified atom stereocenters. The fraction of sp³-hybridized carbons (Fsp3) is 0.556. The van der Waals surface area contributed by atoms with Crippen LogP contribution in [0.25, 0.3) is 5.78 Å². The van der Waals surface area contributed by atoms with Crippen LogP contribution in [0, 0.1) is 0 Å². The van der Waals surface area contributed by atoms with Crippen LogP contribution in [-0.4, -0.2) is 51.2 Å². The molecule has 0 aliphatic rings. The van der Waals surface area contributed by atoms with E-state index in [1.54, 1.807) is 0 Å². The molecule has 0 amide bonds. The molecule has 12 heteroatoms. The Labute approximate surface area is 117 Å². The third-order valence-corrected chi connectivity index (χ3v) is 3.09. The van der Waals surface area contributed by atoms with Crippen molar-refractivity contribution in [3.63, 3.8) is 0 Å². The van der Waals surface area contributed by atoms with Gasteiger partial charge in [-0.05, 0) is 0 Å².